The van der Waals surface area contributed by atoms with Crippen molar-refractivity contribution in [1.82, 2.24) is 9.55 Å². The van der Waals surface area contributed by atoms with Gasteiger partial charge in [-0.05, 0) is 12.1 Å². The number of imidazole rings is 1. The van der Waals surface area contributed by atoms with Gasteiger partial charge < -0.3 is 14.8 Å². The van der Waals surface area contributed by atoms with E-state index in [-0.39, 0.29) is 0 Å². The van der Waals surface area contributed by atoms with Gasteiger partial charge in [-0.25, -0.2) is 13.8 Å². The molecule has 1 aromatic heterocycles. The van der Waals surface area contributed by atoms with Crippen molar-refractivity contribution in [3.05, 3.63) is 41.7 Å². The Kier molecular flexibility index (Phi) is 3.69. The Morgan fingerprint density at radius 1 is 1.21 bits per heavy atom. The van der Waals surface area contributed by atoms with Crippen LogP contribution in [0.1, 0.15) is 5.69 Å². The minimum absolute atomic E-state index is 0.408. The Bertz CT molecular complexity index is 558. The van der Waals surface area contributed by atoms with Crippen molar-refractivity contribution in [2.75, 3.05) is 24.3 Å². The molecule has 6 heteroatoms. The highest BCUT2D eigenvalue weighted by Crippen LogP contribution is 2.16. The number of benzene rings is 1. The van der Waals surface area contributed by atoms with Gasteiger partial charge in [0.2, 0.25) is 5.95 Å². The first-order valence-corrected chi connectivity index (χ1v) is 5.85. The van der Waals surface area contributed by atoms with Crippen LogP contribution >= 0.6 is 0 Å². The summed E-state index contributed by atoms with van der Waals surface area (Å²) in [4.78, 5) is 6.16. The smallest absolute Gasteiger partial charge is 0.204 e. The van der Waals surface area contributed by atoms with Crippen LogP contribution in [-0.2, 0) is 13.6 Å². The molecule has 2 aromatic rings. The molecule has 1 heterocycles. The normalized spacial score (nSPS) is 10.6. The number of rotatable bonds is 4. The second-order valence-corrected chi connectivity index (χ2v) is 4.51. The average molecular weight is 266 g/mol. The minimum Gasteiger partial charge on any atom is -0.379 e. The fourth-order valence-electron chi connectivity index (χ4n) is 1.86. The van der Waals surface area contributed by atoms with Gasteiger partial charge >= 0.3 is 0 Å². The quantitative estimate of drug-likeness (QED) is 0.922. The highest BCUT2D eigenvalue weighted by molar-refractivity contribution is 5.44. The van der Waals surface area contributed by atoms with Crippen LogP contribution in [0.15, 0.2) is 24.4 Å². The number of hydrogen-bond acceptors (Lipinski definition) is 3. The van der Waals surface area contributed by atoms with Gasteiger partial charge in [-0.15, -0.1) is 0 Å². The van der Waals surface area contributed by atoms with Crippen LogP contribution < -0.4 is 10.2 Å². The maximum absolute atomic E-state index is 13.0. The maximum Gasteiger partial charge on any atom is 0.204 e. The van der Waals surface area contributed by atoms with E-state index in [4.69, 9.17) is 0 Å². The first kappa shape index (κ1) is 13.3. The summed E-state index contributed by atoms with van der Waals surface area (Å²) in [6.07, 6.45) is 1.73. The van der Waals surface area contributed by atoms with Crippen molar-refractivity contribution >= 4 is 11.6 Å². The van der Waals surface area contributed by atoms with Gasteiger partial charge in [0.05, 0.1) is 18.4 Å². The first-order valence-electron chi connectivity index (χ1n) is 5.85. The van der Waals surface area contributed by atoms with Crippen molar-refractivity contribution in [2.24, 2.45) is 7.05 Å². The fourth-order valence-corrected chi connectivity index (χ4v) is 1.86. The number of hydrogen-bond donors (Lipinski definition) is 1. The topological polar surface area (TPSA) is 33.1 Å². The third kappa shape index (κ3) is 3.01. The zero-order chi connectivity index (χ0) is 14.0. The lowest BCUT2D eigenvalue weighted by atomic mass is 10.3. The van der Waals surface area contributed by atoms with E-state index < -0.39 is 11.6 Å². The molecular weight excluding hydrogens is 250 g/mol. The van der Waals surface area contributed by atoms with E-state index >= 15 is 0 Å². The molecule has 1 N–H and O–H groups in total. The molecule has 0 spiro atoms. The summed E-state index contributed by atoms with van der Waals surface area (Å²) in [5, 5.41) is 2.98. The van der Waals surface area contributed by atoms with E-state index in [1.807, 2.05) is 30.6 Å². The van der Waals surface area contributed by atoms with Gasteiger partial charge in [0.15, 0.2) is 0 Å². The highest BCUT2D eigenvalue weighted by atomic mass is 19.1. The lowest BCUT2D eigenvalue weighted by Crippen LogP contribution is -2.15. The molecule has 19 heavy (non-hydrogen) atoms. The van der Waals surface area contributed by atoms with E-state index in [9.17, 15) is 8.78 Å². The second-order valence-electron chi connectivity index (χ2n) is 4.51. The number of anilines is 2. The Hall–Kier alpha value is -2.11. The van der Waals surface area contributed by atoms with Crippen LogP contribution in [-0.4, -0.2) is 23.6 Å². The van der Waals surface area contributed by atoms with E-state index in [1.165, 1.54) is 12.1 Å². The first-order chi connectivity index (χ1) is 8.97. The predicted octanol–water partition coefficient (Wildman–Crippen LogP) is 2.38. The molecule has 0 radical (unpaired) electrons. The molecule has 102 valence electrons. The summed E-state index contributed by atoms with van der Waals surface area (Å²) in [6, 6.07) is 3.36. The zero-order valence-electron chi connectivity index (χ0n) is 11.1. The molecule has 0 fully saturated rings. The third-order valence-corrected chi connectivity index (χ3v) is 2.80. The zero-order valence-corrected chi connectivity index (χ0v) is 11.1. The molecule has 0 saturated carbocycles. The van der Waals surface area contributed by atoms with Crippen molar-refractivity contribution in [2.45, 2.75) is 6.54 Å². The summed E-state index contributed by atoms with van der Waals surface area (Å²) in [5.74, 6) is -0.370. The Balaban J connectivity index is 2.10. The molecule has 0 bridgehead atoms. The van der Waals surface area contributed by atoms with E-state index in [1.54, 1.807) is 6.20 Å². The molecule has 2 rings (SSSR count). The van der Waals surface area contributed by atoms with Crippen molar-refractivity contribution in [3.8, 4) is 0 Å². The van der Waals surface area contributed by atoms with Crippen LogP contribution in [0.2, 0.25) is 0 Å². The fraction of sp³-hybridized carbons (Fsp3) is 0.308. The Morgan fingerprint density at radius 3 is 2.37 bits per heavy atom. The molecule has 0 unspecified atom stereocenters. The SMILES string of the molecule is CN(C)c1ncc(CNc2cc(F)cc(F)c2)n1C. The second kappa shape index (κ2) is 5.26. The van der Waals surface area contributed by atoms with Gasteiger partial charge in [0.1, 0.15) is 11.6 Å². The standard InChI is InChI=1S/C13H16F2N4/c1-18(2)13-17-8-12(19(13)3)7-16-11-5-9(14)4-10(15)6-11/h4-6,8,16H,7H2,1-3H3. The summed E-state index contributed by atoms with van der Waals surface area (Å²) >= 11 is 0. The largest absolute Gasteiger partial charge is 0.379 e. The van der Waals surface area contributed by atoms with Gasteiger partial charge in [-0.2, -0.15) is 0 Å². The average Bonchev–Trinajstić information content (AvgIpc) is 2.67. The van der Waals surface area contributed by atoms with E-state index in [0.29, 0.717) is 12.2 Å². The molecular formula is C13H16F2N4. The molecule has 1 aromatic carbocycles. The molecule has 0 amide bonds. The van der Waals surface area contributed by atoms with Crippen LogP contribution in [0.4, 0.5) is 20.4 Å². The predicted molar refractivity (Wildman–Crippen MR) is 71.2 cm³/mol. The van der Waals surface area contributed by atoms with Gasteiger partial charge in [0.25, 0.3) is 0 Å². The molecule has 0 aliphatic heterocycles. The van der Waals surface area contributed by atoms with Crippen LogP contribution in [0.25, 0.3) is 0 Å². The monoisotopic (exact) mass is 266 g/mol. The van der Waals surface area contributed by atoms with E-state index in [0.717, 1.165) is 17.7 Å². The summed E-state index contributed by atoms with van der Waals surface area (Å²) in [5.41, 5.74) is 1.33. The van der Waals surface area contributed by atoms with Crippen LogP contribution in [0.3, 0.4) is 0 Å². The van der Waals surface area contributed by atoms with Crippen molar-refractivity contribution in [1.29, 1.82) is 0 Å². The maximum atomic E-state index is 13.0. The lowest BCUT2D eigenvalue weighted by molar-refractivity contribution is 0.584. The van der Waals surface area contributed by atoms with E-state index in [2.05, 4.69) is 10.3 Å². The number of halogens is 2. The lowest BCUT2D eigenvalue weighted by Gasteiger charge is -2.13. The van der Waals surface area contributed by atoms with Gasteiger partial charge in [-0.3, -0.25) is 0 Å². The molecule has 0 aliphatic rings. The Morgan fingerprint density at radius 2 is 1.84 bits per heavy atom. The summed E-state index contributed by atoms with van der Waals surface area (Å²) < 4.78 is 28.0. The number of nitrogens with one attached hydrogen (secondary N) is 1. The third-order valence-electron chi connectivity index (χ3n) is 2.80. The van der Waals surface area contributed by atoms with Gasteiger partial charge in [0, 0.05) is 32.9 Å². The highest BCUT2D eigenvalue weighted by Gasteiger charge is 2.08. The summed E-state index contributed by atoms with van der Waals surface area (Å²) in [6.45, 7) is 0.445. The van der Waals surface area contributed by atoms with Crippen molar-refractivity contribution < 1.29 is 8.78 Å². The van der Waals surface area contributed by atoms with Crippen LogP contribution in [0, 0.1) is 11.6 Å². The molecule has 0 saturated heterocycles. The van der Waals surface area contributed by atoms with Crippen LogP contribution in [0.5, 0.6) is 0 Å². The molecule has 4 nitrogen and oxygen atoms in total. The minimum atomic E-state index is -0.596. The van der Waals surface area contributed by atoms with Crippen molar-refractivity contribution in [3.63, 3.8) is 0 Å². The number of aromatic nitrogens is 2. The van der Waals surface area contributed by atoms with Gasteiger partial charge in [-0.1, -0.05) is 0 Å². The summed E-state index contributed by atoms with van der Waals surface area (Å²) in [7, 11) is 5.70. The Labute approximate surface area is 110 Å². The molecule has 0 aliphatic carbocycles. The number of nitrogens with zero attached hydrogens (tertiary/aromatic N) is 3. The molecule has 0 atom stereocenters.